The first-order valence-electron chi connectivity index (χ1n) is 29.9. The average molecular weight is 1290 g/mol. The molecule has 424 valence electrons. The molecule has 5 nitrogen and oxygen atoms in total. The predicted molar refractivity (Wildman–Crippen MR) is 350 cm³/mol. The molecular formula is C80H66N4OPt-2. The minimum absolute atomic E-state index is 0.0743. The summed E-state index contributed by atoms with van der Waals surface area (Å²) in [4.78, 5) is 5.07. The smallest absolute Gasteiger partial charge is 0.0619 e. The van der Waals surface area contributed by atoms with Gasteiger partial charge in [0.2, 0.25) is 0 Å². The van der Waals surface area contributed by atoms with Gasteiger partial charge in [0, 0.05) is 6.20 Å². The van der Waals surface area contributed by atoms with Crippen molar-refractivity contribution in [1.29, 1.82) is 0 Å². The van der Waals surface area contributed by atoms with Crippen molar-refractivity contribution in [2.24, 2.45) is 0 Å². The van der Waals surface area contributed by atoms with Gasteiger partial charge in [-0.15, -0.1) is 0 Å². The number of benzene rings is 10. The van der Waals surface area contributed by atoms with Crippen LogP contribution in [0.15, 0.2) is 219 Å². The van der Waals surface area contributed by atoms with Gasteiger partial charge in [0.05, 0.1) is 5.41 Å². The second-order valence-corrected chi connectivity index (χ2v) is 27.7. The van der Waals surface area contributed by atoms with Crippen molar-refractivity contribution < 1.29 is 24.1 Å². The number of ether oxygens (including phenoxy) is 1. The zero-order valence-electron chi connectivity index (χ0n) is 50.3. The number of aromatic nitrogens is 4. The van der Waals surface area contributed by atoms with Crippen molar-refractivity contribution in [3.05, 3.63) is 279 Å². The van der Waals surface area contributed by atoms with Crippen LogP contribution < -0.4 is 4.74 Å². The summed E-state index contributed by atoms with van der Waals surface area (Å²) in [6.07, 6.45) is 1.91. The van der Waals surface area contributed by atoms with Gasteiger partial charge in [0.25, 0.3) is 0 Å². The van der Waals surface area contributed by atoms with Crippen molar-refractivity contribution in [2.45, 2.75) is 90.9 Å². The van der Waals surface area contributed by atoms with Gasteiger partial charge in [-0.25, -0.2) is 0 Å². The van der Waals surface area contributed by atoms with E-state index in [1.165, 1.54) is 77.9 Å². The first-order valence-corrected chi connectivity index (χ1v) is 31.1. The molecule has 3 heterocycles. The normalized spacial score (nSPS) is 13.4. The van der Waals surface area contributed by atoms with E-state index in [2.05, 4.69) is 321 Å². The molecule has 1 spiro atoms. The third kappa shape index (κ3) is 8.36. The summed E-state index contributed by atoms with van der Waals surface area (Å²) in [6.45, 7) is 23.1. The Hall–Kier alpha value is -8.89. The molecule has 0 N–H and O–H groups in total. The van der Waals surface area contributed by atoms with Crippen LogP contribution in [-0.2, 0) is 41.0 Å². The molecule has 0 aliphatic heterocycles. The van der Waals surface area contributed by atoms with Crippen LogP contribution in [0.4, 0.5) is 0 Å². The molecule has 13 aromatic rings. The van der Waals surface area contributed by atoms with Gasteiger partial charge in [-0.3, -0.25) is 0 Å². The molecule has 6 heteroatoms. The molecule has 10 aromatic carbocycles. The van der Waals surface area contributed by atoms with Crippen LogP contribution in [0.1, 0.15) is 107 Å². The number of pyridine rings is 1. The predicted octanol–water partition coefficient (Wildman–Crippen LogP) is 20.3. The molecule has 15 rings (SSSR count). The van der Waals surface area contributed by atoms with E-state index in [1.807, 2.05) is 12.3 Å². The van der Waals surface area contributed by atoms with E-state index in [0.717, 1.165) is 65.0 Å². The van der Waals surface area contributed by atoms with Crippen LogP contribution in [0.25, 0.3) is 94.5 Å². The summed E-state index contributed by atoms with van der Waals surface area (Å²) in [6, 6.07) is 86.0. The van der Waals surface area contributed by atoms with E-state index >= 15 is 0 Å². The van der Waals surface area contributed by atoms with Gasteiger partial charge < -0.3 is 0 Å². The zero-order chi connectivity index (χ0) is 59.2. The molecular weight excluding hydrogens is 1230 g/mol. The third-order valence-corrected chi connectivity index (χ3v) is 19.1. The Morgan fingerprint density at radius 2 is 0.965 bits per heavy atom. The van der Waals surface area contributed by atoms with Gasteiger partial charge in [-0.2, -0.15) is 0 Å². The second-order valence-electron chi connectivity index (χ2n) is 26.7. The summed E-state index contributed by atoms with van der Waals surface area (Å²) >= 11 is 2.55. The van der Waals surface area contributed by atoms with Crippen molar-refractivity contribution in [3.63, 3.8) is 0 Å². The third-order valence-electron chi connectivity index (χ3n) is 18.1. The topological polar surface area (TPSA) is 36.9 Å². The van der Waals surface area contributed by atoms with Crippen molar-refractivity contribution in [3.8, 4) is 73.2 Å². The molecule has 0 saturated heterocycles. The molecule has 0 saturated carbocycles. The first-order chi connectivity index (χ1) is 41.4. The molecule has 2 aliphatic rings. The molecule has 0 fully saturated rings. The Kier molecular flexibility index (Phi) is 12.2. The van der Waals surface area contributed by atoms with Crippen LogP contribution in [0, 0.1) is 22.9 Å². The van der Waals surface area contributed by atoms with Crippen LogP contribution in [0.5, 0.6) is 11.5 Å². The van der Waals surface area contributed by atoms with E-state index in [1.54, 1.807) is 0 Å². The maximum atomic E-state index is 6.99. The maximum absolute atomic E-state index is 6.99. The number of hydrogen-bond acceptors (Lipinski definition) is 2. The Labute approximate surface area is 515 Å². The van der Waals surface area contributed by atoms with Crippen molar-refractivity contribution >= 4 is 32.8 Å². The van der Waals surface area contributed by atoms with E-state index in [-0.39, 0.29) is 16.2 Å². The van der Waals surface area contributed by atoms with Crippen LogP contribution in [0.3, 0.4) is 0 Å². The Bertz CT molecular complexity index is 4930. The number of fused-ring (bicyclic) bond motifs is 14. The molecule has 2 aliphatic carbocycles. The number of nitrogens with zero attached hydrogens (tertiary/aromatic N) is 4. The van der Waals surface area contributed by atoms with Gasteiger partial charge in [-0.05, 0) is 63.1 Å². The second kappa shape index (κ2) is 19.6. The first kappa shape index (κ1) is 53.8. The zero-order valence-corrected chi connectivity index (χ0v) is 52.6. The molecule has 0 unspecified atom stereocenters. The summed E-state index contributed by atoms with van der Waals surface area (Å²) in [5, 5.41) is 2.21. The standard InChI is InChI=1S/C80H66N4O.Pt/c1-50-37-38-81-75(39-50)84-73-46-58(35-36-62(73)66-47-65-61-29-16-19-32-69(61)80(70(65)48-74(66)84)67-30-17-14-27-59(67)60-28-15-18-31-68(60)80)85-57-26-22-25-56(45-57)82-49-83(72-34-21-20-33-71(72)82)76-63(51-23-12-11-13-24-51)43-55(79(8,9)10)44-64(76)52-40-53(77(2,3)4)42-54(41-52)78(5,6)7;/h11-44,47-48H,1-10H3;/q-2;. The fraction of sp³-hybridized carbons (Fsp3) is 0.175. The average Bonchev–Trinajstić information content (AvgIpc) is 1.51. The summed E-state index contributed by atoms with van der Waals surface area (Å²) in [7, 11) is 0. The molecule has 3 aromatic heterocycles. The Morgan fingerprint density at radius 1 is 0.419 bits per heavy atom. The van der Waals surface area contributed by atoms with E-state index in [4.69, 9.17) is 9.72 Å². The summed E-state index contributed by atoms with van der Waals surface area (Å²) in [5.41, 5.74) is 25.4. The van der Waals surface area contributed by atoms with Gasteiger partial charge in [0.1, 0.15) is 0 Å². The quantitative estimate of drug-likeness (QED) is 0.149. The van der Waals surface area contributed by atoms with Gasteiger partial charge in [-0.1, -0.05) is 72.8 Å². The van der Waals surface area contributed by atoms with Crippen LogP contribution >= 0.6 is 0 Å². The number of imidazole rings is 1. The number of rotatable bonds is 7. The van der Waals surface area contributed by atoms with Crippen LogP contribution in [0.2, 0.25) is 0 Å². The molecule has 0 amide bonds. The summed E-state index contributed by atoms with van der Waals surface area (Å²) < 4.78 is 15.1. The van der Waals surface area contributed by atoms with Crippen LogP contribution in [-0.4, -0.2) is 18.7 Å². The minimum atomic E-state index is -0.493. The summed E-state index contributed by atoms with van der Waals surface area (Å²) in [5.74, 6) is 2.00. The molecule has 86 heavy (non-hydrogen) atoms. The van der Waals surface area contributed by atoms with Crippen molar-refractivity contribution in [2.75, 3.05) is 0 Å². The number of para-hydroxylation sites is 2. The minimum Gasteiger partial charge on any atom is -0.0619 e. The molecule has 0 radical (unpaired) electrons. The fourth-order valence-corrected chi connectivity index (χ4v) is 14.8. The van der Waals surface area contributed by atoms with Gasteiger partial charge >= 0.3 is 371 Å². The van der Waals surface area contributed by atoms with Crippen molar-refractivity contribution in [1.82, 2.24) is 18.7 Å². The monoisotopic (exact) mass is 1290 g/mol. The Morgan fingerprint density at radius 3 is 1.58 bits per heavy atom. The Balaban J connectivity index is 0.902. The number of hydrogen-bond donors (Lipinski definition) is 0. The van der Waals surface area contributed by atoms with E-state index in [9.17, 15) is 0 Å². The van der Waals surface area contributed by atoms with E-state index < -0.39 is 5.41 Å². The fourth-order valence-electron chi connectivity index (χ4n) is 13.8. The van der Waals surface area contributed by atoms with Gasteiger partial charge in [0.15, 0.2) is 0 Å². The number of aryl methyl sites for hydroxylation is 1. The van der Waals surface area contributed by atoms with E-state index in [0.29, 0.717) is 11.5 Å². The molecule has 0 bridgehead atoms. The molecule has 0 atom stereocenters. The SMILES string of the molecule is Cc1ccnc(-n2c3[c-]c(Oc4[c-]c(-n5[c](=[Pt])n(-c6c(-c7ccccc7)cc(C(C)(C)C)cc6-c6cc(C(C)(C)C)cc(C(C)(C)C)c6)c6ccccc65)ccc4)ccc3c3cc4c(cc32)C2(c3ccccc3-c3ccccc32)c2ccccc2-4)c1.